The molecule has 124 valence electrons. The number of H-pyrrole nitrogens is 1. The van der Waals surface area contributed by atoms with Gasteiger partial charge in [-0.1, -0.05) is 12.1 Å². The molecule has 3 aromatic rings. The van der Waals surface area contributed by atoms with Crippen molar-refractivity contribution in [3.63, 3.8) is 0 Å². The summed E-state index contributed by atoms with van der Waals surface area (Å²) in [5, 5.41) is 18.1. The van der Waals surface area contributed by atoms with Crippen LogP contribution in [0, 0.1) is 5.82 Å². The van der Waals surface area contributed by atoms with Crippen molar-refractivity contribution < 1.29 is 19.3 Å². The molecular weight excluding hydrogens is 315 g/mol. The molecule has 0 aliphatic rings. The standard InChI is InChI=1S/C17H15FN2O4/c18-12-3-7-14(8-4-12)24-13-5-1-11(2-6-13)9-20-10-15(16(21)22)19-17(20)23/h1-8,10,16,21-22H,9H2,(H,19,23). The van der Waals surface area contributed by atoms with Crippen LogP contribution in [-0.2, 0) is 6.54 Å². The van der Waals surface area contributed by atoms with Gasteiger partial charge in [-0.15, -0.1) is 0 Å². The smallest absolute Gasteiger partial charge is 0.326 e. The van der Waals surface area contributed by atoms with Gasteiger partial charge in [0.1, 0.15) is 17.3 Å². The van der Waals surface area contributed by atoms with Gasteiger partial charge in [-0.2, -0.15) is 0 Å². The first-order chi connectivity index (χ1) is 11.5. The van der Waals surface area contributed by atoms with Gasteiger partial charge in [0.25, 0.3) is 0 Å². The maximum atomic E-state index is 12.9. The predicted molar refractivity (Wildman–Crippen MR) is 84.2 cm³/mol. The van der Waals surface area contributed by atoms with Crippen LogP contribution >= 0.6 is 0 Å². The zero-order valence-electron chi connectivity index (χ0n) is 12.5. The van der Waals surface area contributed by atoms with E-state index in [4.69, 9.17) is 14.9 Å². The zero-order valence-corrected chi connectivity index (χ0v) is 12.5. The van der Waals surface area contributed by atoms with Crippen LogP contribution in [0.1, 0.15) is 17.5 Å². The molecule has 0 fully saturated rings. The number of aromatic amines is 1. The van der Waals surface area contributed by atoms with E-state index in [-0.39, 0.29) is 18.1 Å². The largest absolute Gasteiger partial charge is 0.457 e. The number of hydrogen-bond donors (Lipinski definition) is 3. The van der Waals surface area contributed by atoms with Crippen LogP contribution in [0.4, 0.5) is 4.39 Å². The third-order valence-electron chi connectivity index (χ3n) is 3.41. The van der Waals surface area contributed by atoms with Crippen LogP contribution in [0.3, 0.4) is 0 Å². The monoisotopic (exact) mass is 330 g/mol. The van der Waals surface area contributed by atoms with E-state index in [2.05, 4.69) is 4.98 Å². The second-order valence-corrected chi connectivity index (χ2v) is 5.22. The van der Waals surface area contributed by atoms with Crippen molar-refractivity contribution in [1.82, 2.24) is 9.55 Å². The predicted octanol–water partition coefficient (Wildman–Crippen LogP) is 2.14. The molecule has 3 N–H and O–H groups in total. The normalized spacial score (nSPS) is 11.0. The number of aromatic nitrogens is 2. The van der Waals surface area contributed by atoms with Crippen LogP contribution in [0.5, 0.6) is 11.5 Å². The zero-order chi connectivity index (χ0) is 17.1. The number of halogens is 1. The molecule has 0 amide bonds. The highest BCUT2D eigenvalue weighted by molar-refractivity contribution is 5.33. The first-order valence-electron chi connectivity index (χ1n) is 7.19. The molecule has 0 spiro atoms. The van der Waals surface area contributed by atoms with E-state index >= 15 is 0 Å². The summed E-state index contributed by atoms with van der Waals surface area (Å²) in [5.41, 5.74) is 0.447. The number of nitrogens with zero attached hydrogens (tertiary/aromatic N) is 1. The second kappa shape index (κ2) is 6.69. The molecule has 6 nitrogen and oxygen atoms in total. The highest BCUT2D eigenvalue weighted by Crippen LogP contribution is 2.22. The summed E-state index contributed by atoms with van der Waals surface area (Å²) < 4.78 is 19.8. The molecule has 0 saturated heterocycles. The number of rotatable bonds is 5. The molecule has 0 atom stereocenters. The van der Waals surface area contributed by atoms with E-state index in [1.54, 1.807) is 24.3 Å². The van der Waals surface area contributed by atoms with E-state index in [9.17, 15) is 9.18 Å². The van der Waals surface area contributed by atoms with Crippen molar-refractivity contribution in [2.45, 2.75) is 12.8 Å². The SMILES string of the molecule is O=c1[nH]c(C(O)O)cn1Cc1ccc(Oc2ccc(F)cc2)cc1. The third kappa shape index (κ3) is 3.70. The number of aliphatic hydroxyl groups excluding tert-OH is 1. The Kier molecular flexibility index (Phi) is 4.45. The topological polar surface area (TPSA) is 87.5 Å². The lowest BCUT2D eigenvalue weighted by Gasteiger charge is -2.07. The molecule has 24 heavy (non-hydrogen) atoms. The molecule has 7 heteroatoms. The summed E-state index contributed by atoms with van der Waals surface area (Å²) in [7, 11) is 0. The van der Waals surface area contributed by atoms with Crippen molar-refractivity contribution in [1.29, 1.82) is 0 Å². The van der Waals surface area contributed by atoms with Gasteiger partial charge < -0.3 is 19.9 Å². The van der Waals surface area contributed by atoms with Crippen LogP contribution in [-0.4, -0.2) is 19.8 Å². The summed E-state index contributed by atoms with van der Waals surface area (Å²) in [6.07, 6.45) is -0.360. The molecule has 0 aliphatic heterocycles. The van der Waals surface area contributed by atoms with Crippen molar-refractivity contribution in [2.75, 3.05) is 0 Å². The molecule has 0 saturated carbocycles. The number of imidazole rings is 1. The van der Waals surface area contributed by atoms with Gasteiger partial charge in [-0.3, -0.25) is 4.57 Å². The molecule has 2 aromatic carbocycles. The lowest BCUT2D eigenvalue weighted by atomic mass is 10.2. The molecule has 3 rings (SSSR count). The maximum Gasteiger partial charge on any atom is 0.326 e. The van der Waals surface area contributed by atoms with Gasteiger partial charge in [-0.25, -0.2) is 9.18 Å². The fraction of sp³-hybridized carbons (Fsp3) is 0.118. The highest BCUT2D eigenvalue weighted by Gasteiger charge is 2.09. The van der Waals surface area contributed by atoms with Gasteiger partial charge in [0.05, 0.1) is 12.2 Å². The molecule has 0 unspecified atom stereocenters. The summed E-state index contributed by atoms with van der Waals surface area (Å²) in [5.74, 6) is 0.771. The van der Waals surface area contributed by atoms with Gasteiger partial charge in [0, 0.05) is 6.20 Å². The number of hydrogen-bond acceptors (Lipinski definition) is 4. The Labute approximate surface area is 136 Å². The van der Waals surface area contributed by atoms with Gasteiger partial charge in [0.15, 0.2) is 6.29 Å². The van der Waals surface area contributed by atoms with Crippen LogP contribution < -0.4 is 10.4 Å². The van der Waals surface area contributed by atoms with Crippen LogP contribution in [0.25, 0.3) is 0 Å². The average Bonchev–Trinajstić information content (AvgIpc) is 2.93. The lowest BCUT2D eigenvalue weighted by Crippen LogP contribution is -2.16. The van der Waals surface area contributed by atoms with Crippen molar-refractivity contribution in [3.05, 3.63) is 82.3 Å². The number of nitrogens with one attached hydrogen (secondary N) is 1. The van der Waals surface area contributed by atoms with Crippen molar-refractivity contribution in [3.8, 4) is 11.5 Å². The molecule has 0 aliphatic carbocycles. The Bertz CT molecular complexity index is 867. The minimum Gasteiger partial charge on any atom is -0.457 e. The first kappa shape index (κ1) is 16.0. The van der Waals surface area contributed by atoms with Gasteiger partial charge in [0.2, 0.25) is 0 Å². The Morgan fingerprint density at radius 3 is 2.17 bits per heavy atom. The molecule has 1 heterocycles. The minimum absolute atomic E-state index is 0.0382. The van der Waals surface area contributed by atoms with Crippen molar-refractivity contribution in [2.24, 2.45) is 0 Å². The van der Waals surface area contributed by atoms with Crippen LogP contribution in [0.15, 0.2) is 59.5 Å². The van der Waals surface area contributed by atoms with E-state index in [0.29, 0.717) is 11.5 Å². The fourth-order valence-corrected chi connectivity index (χ4v) is 2.20. The molecular formula is C17H15FN2O4. The fourth-order valence-electron chi connectivity index (χ4n) is 2.20. The number of ether oxygens (including phenoxy) is 1. The van der Waals surface area contributed by atoms with E-state index in [1.807, 2.05) is 0 Å². The third-order valence-corrected chi connectivity index (χ3v) is 3.41. The summed E-state index contributed by atoms with van der Waals surface area (Å²) in [6, 6.07) is 12.7. The summed E-state index contributed by atoms with van der Waals surface area (Å²) in [4.78, 5) is 14.1. The van der Waals surface area contributed by atoms with E-state index in [1.165, 1.54) is 35.0 Å². The number of aliphatic hydroxyl groups is 2. The minimum atomic E-state index is -1.72. The highest BCUT2D eigenvalue weighted by atomic mass is 19.1. The molecule has 0 bridgehead atoms. The Balaban J connectivity index is 1.70. The van der Waals surface area contributed by atoms with Crippen LogP contribution in [0.2, 0.25) is 0 Å². The number of benzene rings is 2. The Morgan fingerprint density at radius 2 is 1.62 bits per heavy atom. The molecule has 1 aromatic heterocycles. The van der Waals surface area contributed by atoms with Crippen molar-refractivity contribution >= 4 is 0 Å². The lowest BCUT2D eigenvalue weighted by molar-refractivity contribution is -0.0456. The summed E-state index contributed by atoms with van der Waals surface area (Å²) >= 11 is 0. The van der Waals surface area contributed by atoms with E-state index < -0.39 is 12.0 Å². The van der Waals surface area contributed by atoms with Gasteiger partial charge in [-0.05, 0) is 42.0 Å². The average molecular weight is 330 g/mol. The second-order valence-electron chi connectivity index (χ2n) is 5.22. The maximum absolute atomic E-state index is 12.9. The Morgan fingerprint density at radius 1 is 1.04 bits per heavy atom. The first-order valence-corrected chi connectivity index (χ1v) is 7.19. The van der Waals surface area contributed by atoms with E-state index in [0.717, 1.165) is 5.56 Å². The quantitative estimate of drug-likeness (QED) is 0.626. The molecule has 0 radical (unpaired) electrons. The summed E-state index contributed by atoms with van der Waals surface area (Å²) in [6.45, 7) is 0.277. The van der Waals surface area contributed by atoms with Gasteiger partial charge >= 0.3 is 5.69 Å². The Hall–Kier alpha value is -2.90.